The van der Waals surface area contributed by atoms with E-state index in [1.165, 1.54) is 6.26 Å². The molecule has 0 aromatic heterocycles. The van der Waals surface area contributed by atoms with Crippen LogP contribution in [0.15, 0.2) is 24.3 Å². The van der Waals surface area contributed by atoms with Gasteiger partial charge in [-0.1, -0.05) is 30.7 Å². The van der Waals surface area contributed by atoms with Gasteiger partial charge < -0.3 is 5.32 Å². The van der Waals surface area contributed by atoms with E-state index in [2.05, 4.69) is 12.2 Å². The van der Waals surface area contributed by atoms with Gasteiger partial charge in [0, 0.05) is 17.3 Å². The van der Waals surface area contributed by atoms with Crippen LogP contribution >= 0.6 is 11.6 Å². The molecular formula is C13H20ClNO2S. The zero-order valence-corrected chi connectivity index (χ0v) is 12.4. The SMILES string of the molecule is CCCNC(CCS(C)(=O)=O)c1cccc(Cl)c1. The molecule has 0 radical (unpaired) electrons. The van der Waals surface area contributed by atoms with Crippen molar-refractivity contribution in [2.75, 3.05) is 18.6 Å². The fourth-order valence-electron chi connectivity index (χ4n) is 1.76. The Morgan fingerprint density at radius 2 is 2.11 bits per heavy atom. The van der Waals surface area contributed by atoms with Gasteiger partial charge in [-0.3, -0.25) is 0 Å². The Balaban J connectivity index is 2.77. The molecule has 0 fully saturated rings. The highest BCUT2D eigenvalue weighted by molar-refractivity contribution is 7.90. The molecule has 0 aliphatic rings. The van der Waals surface area contributed by atoms with E-state index in [4.69, 9.17) is 11.6 Å². The van der Waals surface area contributed by atoms with Gasteiger partial charge in [-0.15, -0.1) is 0 Å². The number of rotatable bonds is 7. The van der Waals surface area contributed by atoms with Gasteiger partial charge in [0.2, 0.25) is 0 Å². The first-order valence-corrected chi connectivity index (χ1v) is 8.53. The lowest BCUT2D eigenvalue weighted by Gasteiger charge is -2.18. The topological polar surface area (TPSA) is 46.2 Å². The van der Waals surface area contributed by atoms with E-state index >= 15 is 0 Å². The summed E-state index contributed by atoms with van der Waals surface area (Å²) >= 11 is 5.97. The van der Waals surface area contributed by atoms with Gasteiger partial charge in [0.05, 0.1) is 5.75 Å². The van der Waals surface area contributed by atoms with Gasteiger partial charge in [-0.2, -0.15) is 0 Å². The molecule has 1 rings (SSSR count). The lowest BCUT2D eigenvalue weighted by atomic mass is 10.0. The van der Waals surface area contributed by atoms with Crippen molar-refractivity contribution in [2.24, 2.45) is 0 Å². The Kier molecular flexibility index (Phi) is 6.12. The van der Waals surface area contributed by atoms with Crippen molar-refractivity contribution < 1.29 is 8.42 Å². The molecule has 3 nitrogen and oxygen atoms in total. The lowest BCUT2D eigenvalue weighted by molar-refractivity contribution is 0.513. The highest BCUT2D eigenvalue weighted by Gasteiger charge is 2.14. The maximum Gasteiger partial charge on any atom is 0.147 e. The molecule has 1 aromatic carbocycles. The first kappa shape index (κ1) is 15.5. The molecule has 1 atom stereocenters. The van der Waals surface area contributed by atoms with Crippen molar-refractivity contribution in [1.82, 2.24) is 5.32 Å². The number of hydrogen-bond donors (Lipinski definition) is 1. The van der Waals surface area contributed by atoms with Crippen LogP contribution in [0.25, 0.3) is 0 Å². The minimum atomic E-state index is -2.94. The van der Waals surface area contributed by atoms with Gasteiger partial charge in [-0.05, 0) is 37.1 Å². The van der Waals surface area contributed by atoms with E-state index in [0.29, 0.717) is 11.4 Å². The average Bonchev–Trinajstić information content (AvgIpc) is 2.28. The minimum Gasteiger partial charge on any atom is -0.310 e. The van der Waals surface area contributed by atoms with Crippen LogP contribution < -0.4 is 5.32 Å². The molecule has 1 N–H and O–H groups in total. The third-order valence-corrected chi connectivity index (χ3v) is 3.88. The molecule has 0 heterocycles. The molecule has 0 saturated heterocycles. The molecular weight excluding hydrogens is 270 g/mol. The van der Waals surface area contributed by atoms with Crippen LogP contribution in [-0.4, -0.2) is 27.0 Å². The summed E-state index contributed by atoms with van der Waals surface area (Å²) in [6.45, 7) is 2.94. The van der Waals surface area contributed by atoms with E-state index in [9.17, 15) is 8.42 Å². The highest BCUT2D eigenvalue weighted by atomic mass is 35.5. The Morgan fingerprint density at radius 1 is 1.39 bits per heavy atom. The van der Waals surface area contributed by atoms with Gasteiger partial charge in [0.15, 0.2) is 0 Å². The lowest BCUT2D eigenvalue weighted by Crippen LogP contribution is -2.24. The van der Waals surface area contributed by atoms with Crippen molar-refractivity contribution in [3.8, 4) is 0 Å². The minimum absolute atomic E-state index is 0.0402. The first-order chi connectivity index (χ1) is 8.42. The summed E-state index contributed by atoms with van der Waals surface area (Å²) in [5, 5.41) is 4.04. The smallest absolute Gasteiger partial charge is 0.147 e. The highest BCUT2D eigenvalue weighted by Crippen LogP contribution is 2.21. The summed E-state index contributed by atoms with van der Waals surface area (Å²) in [4.78, 5) is 0. The number of hydrogen-bond acceptors (Lipinski definition) is 3. The zero-order chi connectivity index (χ0) is 13.6. The van der Waals surface area contributed by atoms with E-state index in [1.807, 2.05) is 24.3 Å². The molecule has 0 bridgehead atoms. The van der Waals surface area contributed by atoms with Crippen LogP contribution in [0.2, 0.25) is 5.02 Å². The predicted octanol–water partition coefficient (Wildman–Crippen LogP) is 2.82. The van der Waals surface area contributed by atoms with Gasteiger partial charge >= 0.3 is 0 Å². The average molecular weight is 290 g/mol. The summed E-state index contributed by atoms with van der Waals surface area (Å²) in [6.07, 6.45) is 2.84. The molecule has 0 aliphatic carbocycles. The summed E-state index contributed by atoms with van der Waals surface area (Å²) < 4.78 is 22.5. The van der Waals surface area contributed by atoms with Crippen molar-refractivity contribution in [3.05, 3.63) is 34.9 Å². The normalized spacial score (nSPS) is 13.5. The molecule has 0 saturated carbocycles. The fraction of sp³-hybridized carbons (Fsp3) is 0.538. The van der Waals surface area contributed by atoms with Crippen molar-refractivity contribution >= 4 is 21.4 Å². The first-order valence-electron chi connectivity index (χ1n) is 6.09. The fourth-order valence-corrected chi connectivity index (χ4v) is 2.62. The summed E-state index contributed by atoms with van der Waals surface area (Å²) in [7, 11) is -2.94. The predicted molar refractivity (Wildman–Crippen MR) is 76.8 cm³/mol. The molecule has 102 valence electrons. The van der Waals surface area contributed by atoms with Gasteiger partial charge in [-0.25, -0.2) is 8.42 Å². The standard InChI is InChI=1S/C13H20ClNO2S/c1-3-8-15-13(7-9-18(2,16)17)11-5-4-6-12(14)10-11/h4-6,10,13,15H,3,7-9H2,1-2H3. The Labute approximate surface area is 114 Å². The molecule has 5 heteroatoms. The zero-order valence-electron chi connectivity index (χ0n) is 10.8. The maximum absolute atomic E-state index is 11.3. The third kappa shape index (κ3) is 5.85. The van der Waals surface area contributed by atoms with Crippen LogP contribution in [0.4, 0.5) is 0 Å². The summed E-state index contributed by atoms with van der Waals surface area (Å²) in [6, 6.07) is 7.61. The number of sulfone groups is 1. The number of halogens is 1. The van der Waals surface area contributed by atoms with Crippen LogP contribution in [0.1, 0.15) is 31.4 Å². The second-order valence-electron chi connectivity index (χ2n) is 4.48. The number of nitrogens with one attached hydrogen (secondary N) is 1. The summed E-state index contributed by atoms with van der Waals surface area (Å²) in [5.74, 6) is 0.181. The molecule has 18 heavy (non-hydrogen) atoms. The van der Waals surface area contributed by atoms with E-state index in [1.54, 1.807) is 0 Å². The second kappa shape index (κ2) is 7.12. The van der Waals surface area contributed by atoms with E-state index < -0.39 is 9.84 Å². The summed E-state index contributed by atoms with van der Waals surface area (Å²) in [5.41, 5.74) is 1.04. The van der Waals surface area contributed by atoms with Crippen LogP contribution in [0, 0.1) is 0 Å². The maximum atomic E-state index is 11.3. The van der Waals surface area contributed by atoms with Gasteiger partial charge in [0.25, 0.3) is 0 Å². The Bertz CT molecular complexity index is 474. The van der Waals surface area contributed by atoms with Crippen molar-refractivity contribution in [3.63, 3.8) is 0 Å². The monoisotopic (exact) mass is 289 g/mol. The van der Waals surface area contributed by atoms with Crippen LogP contribution in [0.5, 0.6) is 0 Å². The van der Waals surface area contributed by atoms with Crippen LogP contribution in [-0.2, 0) is 9.84 Å². The largest absolute Gasteiger partial charge is 0.310 e. The third-order valence-electron chi connectivity index (χ3n) is 2.67. The molecule has 1 aromatic rings. The molecule has 0 spiro atoms. The molecule has 0 aliphatic heterocycles. The van der Waals surface area contributed by atoms with Crippen molar-refractivity contribution in [1.29, 1.82) is 0 Å². The second-order valence-corrected chi connectivity index (χ2v) is 7.18. The quantitative estimate of drug-likeness (QED) is 0.839. The van der Waals surface area contributed by atoms with Crippen LogP contribution in [0.3, 0.4) is 0 Å². The van der Waals surface area contributed by atoms with E-state index in [-0.39, 0.29) is 11.8 Å². The Hall–Kier alpha value is -0.580. The Morgan fingerprint density at radius 3 is 2.67 bits per heavy atom. The number of benzene rings is 1. The van der Waals surface area contributed by atoms with Crippen molar-refractivity contribution in [2.45, 2.75) is 25.8 Å². The van der Waals surface area contributed by atoms with Gasteiger partial charge in [0.1, 0.15) is 9.84 Å². The van der Waals surface area contributed by atoms with E-state index in [0.717, 1.165) is 18.5 Å². The molecule has 0 amide bonds. The molecule has 1 unspecified atom stereocenters.